The fourth-order valence-corrected chi connectivity index (χ4v) is 3.77. The molecule has 3 amide bonds. The summed E-state index contributed by atoms with van der Waals surface area (Å²) in [5.41, 5.74) is 1.96. The summed E-state index contributed by atoms with van der Waals surface area (Å²) in [7, 11) is 1.56. The Hall–Kier alpha value is -2.26. The van der Waals surface area contributed by atoms with Gasteiger partial charge in [0.05, 0.1) is 10.7 Å². The lowest BCUT2D eigenvalue weighted by Crippen LogP contribution is -2.31. The lowest BCUT2D eigenvalue weighted by molar-refractivity contribution is -0.122. The minimum absolute atomic E-state index is 0.246. The highest BCUT2D eigenvalue weighted by atomic mass is 127. The number of methoxy groups -OCH3 is 1. The second-order valence-corrected chi connectivity index (χ2v) is 7.99. The van der Waals surface area contributed by atoms with Crippen LogP contribution in [0.15, 0.2) is 42.1 Å². The van der Waals surface area contributed by atoms with Gasteiger partial charge >= 0.3 is 6.03 Å². The molecule has 1 N–H and O–H groups in total. The number of nitrogens with one attached hydrogen (secondary N) is 1. The molecule has 0 saturated carbocycles. The van der Waals surface area contributed by atoms with Crippen LogP contribution in [0.25, 0.3) is 6.08 Å². The maximum absolute atomic E-state index is 12.4. The Labute approximate surface area is 188 Å². The lowest BCUT2D eigenvalue weighted by atomic mass is 10.1. The zero-order chi connectivity index (χ0) is 21.0. The fraction of sp³-hybridized carbons (Fsp3) is 0.238. The molecule has 2 aromatic carbocycles. The first-order chi connectivity index (χ1) is 13.9. The van der Waals surface area contributed by atoms with Gasteiger partial charge in [-0.05, 0) is 70.5 Å². The van der Waals surface area contributed by atoms with Crippen molar-refractivity contribution < 1.29 is 19.1 Å². The van der Waals surface area contributed by atoms with Crippen molar-refractivity contribution in [2.24, 2.45) is 0 Å². The van der Waals surface area contributed by atoms with Crippen LogP contribution in [0.1, 0.15) is 24.5 Å². The molecule has 6 nitrogen and oxygen atoms in total. The van der Waals surface area contributed by atoms with Crippen LogP contribution in [0.2, 0.25) is 5.02 Å². The normalized spacial score (nSPS) is 15.0. The standard InChI is InChI=1S/C21H20ClIN2O4/c1-3-8-25-20(26)17(24-21(25)27)10-14-9-16(23)19(18(11-14)28-2)29-12-13-4-6-15(22)7-5-13/h4-7,9-11H,3,8,12H2,1-2H3,(H,24,27)/b17-10-. The van der Waals surface area contributed by atoms with Crippen molar-refractivity contribution in [2.45, 2.75) is 20.0 Å². The summed E-state index contributed by atoms with van der Waals surface area (Å²) in [4.78, 5) is 25.6. The van der Waals surface area contributed by atoms with Gasteiger partial charge in [0.25, 0.3) is 5.91 Å². The van der Waals surface area contributed by atoms with Crippen molar-refractivity contribution in [2.75, 3.05) is 13.7 Å². The summed E-state index contributed by atoms with van der Waals surface area (Å²) in [6, 6.07) is 10.7. The van der Waals surface area contributed by atoms with Crippen LogP contribution in [0.3, 0.4) is 0 Å². The molecule has 0 unspecified atom stereocenters. The maximum Gasteiger partial charge on any atom is 0.329 e. The molecule has 1 aliphatic heterocycles. The van der Waals surface area contributed by atoms with E-state index >= 15 is 0 Å². The van der Waals surface area contributed by atoms with Gasteiger partial charge in [0, 0.05) is 11.6 Å². The first kappa shape index (κ1) is 21.4. The van der Waals surface area contributed by atoms with Gasteiger partial charge in [-0.1, -0.05) is 30.7 Å². The average molecular weight is 527 g/mol. The van der Waals surface area contributed by atoms with Gasteiger partial charge in [-0.15, -0.1) is 0 Å². The van der Waals surface area contributed by atoms with E-state index in [4.69, 9.17) is 21.1 Å². The number of ether oxygens (including phenoxy) is 2. The molecule has 1 saturated heterocycles. The second-order valence-electron chi connectivity index (χ2n) is 6.39. The highest BCUT2D eigenvalue weighted by molar-refractivity contribution is 14.1. The van der Waals surface area contributed by atoms with E-state index in [0.717, 1.165) is 14.7 Å². The molecule has 1 fully saturated rings. The van der Waals surface area contributed by atoms with Gasteiger partial charge < -0.3 is 14.8 Å². The van der Waals surface area contributed by atoms with Crippen molar-refractivity contribution in [3.8, 4) is 11.5 Å². The molecular formula is C21H20ClIN2O4. The molecule has 0 atom stereocenters. The lowest BCUT2D eigenvalue weighted by Gasteiger charge is -2.14. The van der Waals surface area contributed by atoms with E-state index in [-0.39, 0.29) is 11.6 Å². The number of hydrogen-bond donors (Lipinski definition) is 1. The molecule has 3 rings (SSSR count). The number of halogens is 2. The molecule has 29 heavy (non-hydrogen) atoms. The first-order valence-corrected chi connectivity index (χ1v) is 10.5. The SMILES string of the molecule is CCCN1C(=O)N/C(=C\c2cc(I)c(OCc3ccc(Cl)cc3)c(OC)c2)C1=O. The van der Waals surface area contributed by atoms with Crippen LogP contribution >= 0.6 is 34.2 Å². The Morgan fingerprint density at radius 3 is 2.59 bits per heavy atom. The molecule has 0 aromatic heterocycles. The van der Waals surface area contributed by atoms with Gasteiger partial charge in [0.2, 0.25) is 0 Å². The number of hydrogen-bond acceptors (Lipinski definition) is 4. The van der Waals surface area contributed by atoms with Crippen molar-refractivity contribution in [1.82, 2.24) is 10.2 Å². The number of amides is 3. The van der Waals surface area contributed by atoms with E-state index in [1.165, 1.54) is 4.90 Å². The average Bonchev–Trinajstić information content (AvgIpc) is 2.96. The van der Waals surface area contributed by atoms with Crippen LogP contribution < -0.4 is 14.8 Å². The molecular weight excluding hydrogens is 507 g/mol. The Kier molecular flexibility index (Phi) is 7.02. The van der Waals surface area contributed by atoms with Gasteiger partial charge in [-0.2, -0.15) is 0 Å². The first-order valence-electron chi connectivity index (χ1n) is 9.02. The van der Waals surface area contributed by atoms with Gasteiger partial charge in [0.15, 0.2) is 11.5 Å². The molecule has 152 valence electrons. The minimum atomic E-state index is -0.396. The quantitative estimate of drug-likeness (QED) is 0.319. The highest BCUT2D eigenvalue weighted by Gasteiger charge is 2.32. The third kappa shape index (κ3) is 5.02. The monoisotopic (exact) mass is 526 g/mol. The number of nitrogens with zero attached hydrogens (tertiary/aromatic N) is 1. The molecule has 1 heterocycles. The van der Waals surface area contributed by atoms with Gasteiger partial charge in [-0.25, -0.2) is 4.79 Å². The third-order valence-corrected chi connectivity index (χ3v) is 5.32. The molecule has 0 aliphatic carbocycles. The highest BCUT2D eigenvalue weighted by Crippen LogP contribution is 2.35. The summed E-state index contributed by atoms with van der Waals surface area (Å²) in [6.07, 6.45) is 2.35. The van der Waals surface area contributed by atoms with Crippen LogP contribution in [-0.2, 0) is 11.4 Å². The molecule has 1 aliphatic rings. The van der Waals surface area contributed by atoms with Crippen LogP contribution in [0.4, 0.5) is 4.79 Å². The molecule has 2 aromatic rings. The fourth-order valence-electron chi connectivity index (χ4n) is 2.86. The van der Waals surface area contributed by atoms with Gasteiger partial charge in [0.1, 0.15) is 12.3 Å². The van der Waals surface area contributed by atoms with E-state index in [9.17, 15) is 9.59 Å². The van der Waals surface area contributed by atoms with E-state index in [2.05, 4.69) is 27.9 Å². The van der Waals surface area contributed by atoms with Crippen LogP contribution in [-0.4, -0.2) is 30.5 Å². The van der Waals surface area contributed by atoms with Gasteiger partial charge in [-0.3, -0.25) is 9.69 Å². The number of carbonyl (C=O) groups is 2. The molecule has 0 bridgehead atoms. The Bertz CT molecular complexity index is 960. The molecule has 8 heteroatoms. The van der Waals surface area contributed by atoms with Crippen molar-refractivity contribution >= 4 is 52.2 Å². The zero-order valence-corrected chi connectivity index (χ0v) is 18.9. The predicted molar refractivity (Wildman–Crippen MR) is 120 cm³/mol. The zero-order valence-electron chi connectivity index (χ0n) is 16.0. The molecule has 0 spiro atoms. The van der Waals surface area contributed by atoms with E-state index < -0.39 is 6.03 Å². The largest absolute Gasteiger partial charge is 0.493 e. The Balaban J connectivity index is 1.82. The summed E-state index contributed by atoms with van der Waals surface area (Å²) in [5, 5.41) is 3.29. The summed E-state index contributed by atoms with van der Waals surface area (Å²) >= 11 is 8.07. The van der Waals surface area contributed by atoms with Crippen LogP contribution in [0.5, 0.6) is 11.5 Å². The van der Waals surface area contributed by atoms with Crippen LogP contribution in [0, 0.1) is 3.57 Å². The molecule has 0 radical (unpaired) electrons. The minimum Gasteiger partial charge on any atom is -0.493 e. The van der Waals surface area contributed by atoms with E-state index in [1.54, 1.807) is 19.3 Å². The van der Waals surface area contributed by atoms with Crippen molar-refractivity contribution in [3.05, 3.63) is 61.8 Å². The smallest absolute Gasteiger partial charge is 0.329 e. The Morgan fingerprint density at radius 1 is 1.21 bits per heavy atom. The third-order valence-electron chi connectivity index (χ3n) is 4.27. The summed E-state index contributed by atoms with van der Waals surface area (Å²) in [6.45, 7) is 2.67. The number of imide groups is 1. The number of urea groups is 1. The number of carbonyl (C=O) groups excluding carboxylic acids is 2. The number of benzene rings is 2. The van der Waals surface area contributed by atoms with E-state index in [1.807, 2.05) is 37.3 Å². The van der Waals surface area contributed by atoms with Crippen molar-refractivity contribution in [1.29, 1.82) is 0 Å². The number of rotatable bonds is 7. The van der Waals surface area contributed by atoms with Crippen molar-refractivity contribution in [3.63, 3.8) is 0 Å². The summed E-state index contributed by atoms with van der Waals surface area (Å²) < 4.78 is 12.3. The predicted octanol–water partition coefficient (Wildman–Crippen LogP) is 4.83. The van der Waals surface area contributed by atoms with E-state index in [0.29, 0.717) is 36.1 Å². The summed E-state index contributed by atoms with van der Waals surface area (Å²) in [5.74, 6) is 0.827. The maximum atomic E-state index is 12.4. The Morgan fingerprint density at radius 2 is 1.93 bits per heavy atom. The second kappa shape index (κ2) is 9.49. The topological polar surface area (TPSA) is 67.9 Å².